The number of piperidine rings is 1. The summed E-state index contributed by atoms with van der Waals surface area (Å²) in [6.07, 6.45) is 3.39. The second-order valence-corrected chi connectivity index (χ2v) is 7.96. The fraction of sp³-hybridized carbons (Fsp3) is 0.524. The van der Waals surface area contributed by atoms with Crippen molar-refractivity contribution >= 4 is 17.6 Å². The van der Waals surface area contributed by atoms with E-state index in [1.165, 1.54) is 0 Å². The van der Waals surface area contributed by atoms with Crippen LogP contribution in [0.15, 0.2) is 23.9 Å². The van der Waals surface area contributed by atoms with Gasteiger partial charge in [-0.2, -0.15) is 0 Å². The lowest BCUT2D eigenvalue weighted by Gasteiger charge is -2.33. The first kappa shape index (κ1) is 22.8. The molecule has 10 heteroatoms. The van der Waals surface area contributed by atoms with Gasteiger partial charge in [0, 0.05) is 44.4 Å². The highest BCUT2D eigenvalue weighted by Crippen LogP contribution is 2.26. The molecule has 1 amide bonds. The average molecular weight is 437 g/mol. The molecular formula is C21H29F2N5O3. The monoisotopic (exact) mass is 437 g/mol. The van der Waals surface area contributed by atoms with Crippen molar-refractivity contribution in [2.24, 2.45) is 5.73 Å². The van der Waals surface area contributed by atoms with Gasteiger partial charge in [-0.15, -0.1) is 0 Å². The Balaban J connectivity index is 1.47. The lowest BCUT2D eigenvalue weighted by Crippen LogP contribution is -2.43. The third-order valence-corrected chi connectivity index (χ3v) is 5.27. The van der Waals surface area contributed by atoms with Gasteiger partial charge in [-0.25, -0.2) is 13.6 Å². The van der Waals surface area contributed by atoms with E-state index < -0.39 is 17.5 Å². The highest BCUT2D eigenvalue weighted by Gasteiger charge is 2.26. The predicted molar refractivity (Wildman–Crippen MR) is 113 cm³/mol. The van der Waals surface area contributed by atoms with E-state index in [4.69, 9.17) is 20.7 Å². The first-order valence-corrected chi connectivity index (χ1v) is 10.4. The molecule has 170 valence electrons. The first-order chi connectivity index (χ1) is 14.7. The zero-order valence-corrected chi connectivity index (χ0v) is 17.8. The molecule has 0 aromatic heterocycles. The third kappa shape index (κ3) is 5.84. The van der Waals surface area contributed by atoms with Crippen LogP contribution in [-0.4, -0.2) is 55.2 Å². The molecule has 4 N–H and O–H groups in total. The number of halogens is 2. The van der Waals surface area contributed by atoms with E-state index in [2.05, 4.69) is 5.48 Å². The maximum absolute atomic E-state index is 14.4. The summed E-state index contributed by atoms with van der Waals surface area (Å²) in [5.74, 6) is -1.84. The van der Waals surface area contributed by atoms with Crippen LogP contribution in [0.25, 0.3) is 0 Å². The summed E-state index contributed by atoms with van der Waals surface area (Å²) in [6.45, 7) is 5.67. The molecule has 0 bridgehead atoms. The largest absolute Gasteiger partial charge is 0.447 e. The fourth-order valence-corrected chi connectivity index (χ4v) is 3.56. The summed E-state index contributed by atoms with van der Waals surface area (Å²) in [7, 11) is 0. The van der Waals surface area contributed by atoms with Crippen LogP contribution in [-0.2, 0) is 9.57 Å². The van der Waals surface area contributed by atoms with Gasteiger partial charge in [-0.1, -0.05) is 0 Å². The standard InChI is InChI=1S/C21H29F2N5O3/c1-13(2)30-21(29)28-9-5-15(6-10-28)31-26-14-3-7-27(8-4-14)19-12-17(22)16(20(24)25)11-18(19)23/h3,11-13,15,26H,4-10H2,1-2H3,(H3,24,25). The number of nitrogens with zero attached hydrogens (tertiary/aromatic N) is 2. The quantitative estimate of drug-likeness (QED) is 0.359. The molecule has 0 unspecified atom stereocenters. The summed E-state index contributed by atoms with van der Waals surface area (Å²) in [4.78, 5) is 21.1. The van der Waals surface area contributed by atoms with Crippen LogP contribution in [0.4, 0.5) is 19.3 Å². The molecule has 0 spiro atoms. The topological polar surface area (TPSA) is 104 Å². The van der Waals surface area contributed by atoms with Gasteiger partial charge >= 0.3 is 6.09 Å². The molecule has 2 heterocycles. The molecule has 1 fully saturated rings. The number of amides is 1. The van der Waals surface area contributed by atoms with Crippen molar-refractivity contribution < 1.29 is 23.1 Å². The minimum Gasteiger partial charge on any atom is -0.447 e. The maximum Gasteiger partial charge on any atom is 0.410 e. The lowest BCUT2D eigenvalue weighted by atomic mass is 10.1. The van der Waals surface area contributed by atoms with Gasteiger partial charge in [0.05, 0.1) is 23.5 Å². The van der Waals surface area contributed by atoms with Gasteiger partial charge in [-0.3, -0.25) is 15.7 Å². The summed E-state index contributed by atoms with van der Waals surface area (Å²) in [6, 6.07) is 2.03. The molecule has 0 aliphatic carbocycles. The molecule has 1 saturated heterocycles. The van der Waals surface area contributed by atoms with E-state index in [-0.39, 0.29) is 29.6 Å². The lowest BCUT2D eigenvalue weighted by molar-refractivity contribution is -0.0415. The number of hydrogen-bond acceptors (Lipinski definition) is 6. The number of hydroxylamine groups is 1. The van der Waals surface area contributed by atoms with Crippen molar-refractivity contribution in [2.45, 2.75) is 45.3 Å². The number of hydrogen-bond donors (Lipinski definition) is 3. The SMILES string of the molecule is CC(C)OC(=O)N1CCC(ONC2=CCN(c3cc(F)c(C(=N)N)cc3F)CC2)CC1. The molecule has 0 atom stereocenters. The van der Waals surface area contributed by atoms with Gasteiger partial charge in [0.2, 0.25) is 0 Å². The van der Waals surface area contributed by atoms with Crippen molar-refractivity contribution in [3.05, 3.63) is 41.1 Å². The van der Waals surface area contributed by atoms with E-state index in [1.54, 1.807) is 9.80 Å². The van der Waals surface area contributed by atoms with Gasteiger partial charge in [-0.05, 0) is 38.8 Å². The van der Waals surface area contributed by atoms with E-state index in [0.29, 0.717) is 45.4 Å². The van der Waals surface area contributed by atoms with Gasteiger partial charge in [0.15, 0.2) is 0 Å². The Hall–Kier alpha value is -2.88. The number of amidine groups is 1. The van der Waals surface area contributed by atoms with Crippen LogP contribution in [0.3, 0.4) is 0 Å². The normalized spacial score (nSPS) is 17.5. The molecule has 1 aromatic rings. The number of benzene rings is 1. The van der Waals surface area contributed by atoms with Crippen LogP contribution in [0, 0.1) is 17.0 Å². The number of nitrogens with two attached hydrogens (primary N) is 1. The summed E-state index contributed by atoms with van der Waals surface area (Å²) in [5, 5.41) is 7.30. The Labute approximate surface area is 180 Å². The molecule has 0 radical (unpaired) electrons. The molecular weight excluding hydrogens is 408 g/mol. The maximum atomic E-state index is 14.4. The molecule has 1 aromatic carbocycles. The molecule has 3 rings (SSSR count). The minimum absolute atomic E-state index is 0.0207. The molecule has 2 aliphatic heterocycles. The highest BCUT2D eigenvalue weighted by atomic mass is 19.1. The second-order valence-electron chi connectivity index (χ2n) is 7.96. The first-order valence-electron chi connectivity index (χ1n) is 10.4. The van der Waals surface area contributed by atoms with Gasteiger partial charge < -0.3 is 20.3 Å². The molecule has 31 heavy (non-hydrogen) atoms. The number of rotatable bonds is 6. The molecule has 8 nitrogen and oxygen atoms in total. The Morgan fingerprint density at radius 1 is 1.23 bits per heavy atom. The number of nitrogen functional groups attached to an aromatic ring is 1. The zero-order chi connectivity index (χ0) is 22.5. The van der Waals surface area contributed by atoms with E-state index in [9.17, 15) is 13.6 Å². The van der Waals surface area contributed by atoms with E-state index in [1.807, 2.05) is 19.9 Å². The van der Waals surface area contributed by atoms with Crippen LogP contribution in [0.5, 0.6) is 0 Å². The third-order valence-electron chi connectivity index (χ3n) is 5.27. The summed E-state index contributed by atoms with van der Waals surface area (Å²) >= 11 is 0. The van der Waals surface area contributed by atoms with Crippen LogP contribution >= 0.6 is 0 Å². The van der Waals surface area contributed by atoms with Crippen LogP contribution in [0.1, 0.15) is 38.7 Å². The number of anilines is 1. The van der Waals surface area contributed by atoms with Crippen LogP contribution < -0.4 is 16.1 Å². The second kappa shape index (κ2) is 9.95. The van der Waals surface area contributed by atoms with Crippen molar-refractivity contribution in [1.29, 1.82) is 5.41 Å². The van der Waals surface area contributed by atoms with Gasteiger partial charge in [0.25, 0.3) is 0 Å². The summed E-state index contributed by atoms with van der Waals surface area (Å²) in [5.41, 5.74) is 9.02. The number of nitrogens with one attached hydrogen (secondary N) is 2. The minimum atomic E-state index is -0.719. The van der Waals surface area contributed by atoms with E-state index >= 15 is 0 Å². The number of carbonyl (C=O) groups excluding carboxylic acids is 1. The van der Waals surface area contributed by atoms with Crippen molar-refractivity contribution in [2.75, 3.05) is 31.1 Å². The van der Waals surface area contributed by atoms with E-state index in [0.717, 1.165) is 17.8 Å². The summed E-state index contributed by atoms with van der Waals surface area (Å²) < 4.78 is 33.7. The van der Waals surface area contributed by atoms with Gasteiger partial charge in [0.1, 0.15) is 17.5 Å². The Morgan fingerprint density at radius 2 is 1.94 bits per heavy atom. The Morgan fingerprint density at radius 3 is 2.52 bits per heavy atom. The van der Waals surface area contributed by atoms with Crippen molar-refractivity contribution in [1.82, 2.24) is 10.4 Å². The average Bonchev–Trinajstić information content (AvgIpc) is 2.73. The Bertz CT molecular complexity index is 854. The van der Waals surface area contributed by atoms with Crippen molar-refractivity contribution in [3.63, 3.8) is 0 Å². The predicted octanol–water partition coefficient (Wildman–Crippen LogP) is 2.87. The van der Waals surface area contributed by atoms with Crippen LogP contribution in [0.2, 0.25) is 0 Å². The number of ether oxygens (including phenoxy) is 1. The Kier molecular flexibility index (Phi) is 7.32. The van der Waals surface area contributed by atoms with Crippen molar-refractivity contribution in [3.8, 4) is 0 Å². The fourth-order valence-electron chi connectivity index (χ4n) is 3.56. The highest BCUT2D eigenvalue weighted by molar-refractivity contribution is 5.95. The molecule has 2 aliphatic rings. The zero-order valence-electron chi connectivity index (χ0n) is 17.8. The number of carbonyl (C=O) groups is 1. The smallest absolute Gasteiger partial charge is 0.410 e. The molecule has 0 saturated carbocycles. The number of likely N-dealkylation sites (tertiary alicyclic amines) is 1.